The van der Waals surface area contributed by atoms with Gasteiger partial charge in [-0.3, -0.25) is 4.79 Å². The number of thiazole rings is 1. The minimum Gasteiger partial charge on any atom is -0.337 e. The van der Waals surface area contributed by atoms with Crippen molar-refractivity contribution in [3.05, 3.63) is 52.2 Å². The Bertz CT molecular complexity index is 788. The van der Waals surface area contributed by atoms with E-state index in [0.717, 1.165) is 29.6 Å². The Balaban J connectivity index is 1.72. The van der Waals surface area contributed by atoms with Gasteiger partial charge in [-0.2, -0.15) is 0 Å². The highest BCUT2D eigenvalue weighted by Crippen LogP contribution is 2.19. The summed E-state index contributed by atoms with van der Waals surface area (Å²) in [7, 11) is 4.23. The van der Waals surface area contributed by atoms with Crippen LogP contribution in [0.15, 0.2) is 41.7 Å². The number of H-pyrrole nitrogens is 1. The van der Waals surface area contributed by atoms with Crippen LogP contribution in [0.1, 0.15) is 12.0 Å². The lowest BCUT2D eigenvalue weighted by atomic mass is 10.0. The Labute approximate surface area is 133 Å². The molecule has 1 aromatic carbocycles. The third kappa shape index (κ3) is 3.45. The van der Waals surface area contributed by atoms with Gasteiger partial charge in [0, 0.05) is 25.0 Å². The number of benzene rings is 1. The fourth-order valence-electron chi connectivity index (χ4n) is 2.65. The summed E-state index contributed by atoms with van der Waals surface area (Å²) in [5, 5.41) is 0. The van der Waals surface area contributed by atoms with Crippen LogP contribution in [-0.4, -0.2) is 39.6 Å². The van der Waals surface area contributed by atoms with Gasteiger partial charge in [0.15, 0.2) is 0 Å². The van der Waals surface area contributed by atoms with Crippen molar-refractivity contribution in [2.75, 3.05) is 14.1 Å². The number of nitrogens with zero attached hydrogens (tertiary/aromatic N) is 3. The number of likely N-dealkylation sites (N-methyl/N-ethyl adjacent to an activating group) is 1. The summed E-state index contributed by atoms with van der Waals surface area (Å²) in [6.45, 7) is 0.961. The van der Waals surface area contributed by atoms with E-state index in [-0.39, 0.29) is 4.87 Å². The number of aromatic nitrogens is 3. The molecule has 3 rings (SSSR count). The number of rotatable bonds is 6. The standard InChI is InChI=1S/C16H20N4OS/c1-19(2)13(5-7-20-8-6-17-11-20)9-12-3-4-14-15(10-12)22-16(21)18-14/h3-4,6,8,10-11,13H,5,7,9H2,1-2H3,(H,18,21). The third-order valence-corrected chi connectivity index (χ3v) is 4.81. The normalized spacial score (nSPS) is 13.0. The van der Waals surface area contributed by atoms with E-state index < -0.39 is 0 Å². The number of hydrogen-bond acceptors (Lipinski definition) is 4. The Kier molecular flexibility index (Phi) is 4.40. The highest BCUT2D eigenvalue weighted by Gasteiger charge is 2.13. The van der Waals surface area contributed by atoms with Crippen molar-refractivity contribution < 1.29 is 0 Å². The van der Waals surface area contributed by atoms with Crippen LogP contribution in [0.4, 0.5) is 0 Å². The molecule has 22 heavy (non-hydrogen) atoms. The van der Waals surface area contributed by atoms with Gasteiger partial charge < -0.3 is 14.5 Å². The largest absolute Gasteiger partial charge is 0.337 e. The molecule has 0 saturated heterocycles. The lowest BCUT2D eigenvalue weighted by Gasteiger charge is -2.24. The van der Waals surface area contributed by atoms with Crippen LogP contribution in [0.3, 0.4) is 0 Å². The minimum atomic E-state index is 0.0106. The lowest BCUT2D eigenvalue weighted by Crippen LogP contribution is -2.31. The molecule has 5 nitrogen and oxygen atoms in total. The zero-order valence-corrected chi connectivity index (χ0v) is 13.6. The van der Waals surface area contributed by atoms with E-state index in [2.05, 4.69) is 45.7 Å². The molecule has 2 aromatic heterocycles. The predicted molar refractivity (Wildman–Crippen MR) is 90.5 cm³/mol. The molecule has 6 heteroatoms. The fraction of sp³-hybridized carbons (Fsp3) is 0.375. The van der Waals surface area contributed by atoms with E-state index in [1.54, 1.807) is 0 Å². The molecule has 0 saturated carbocycles. The zero-order valence-electron chi connectivity index (χ0n) is 12.8. The highest BCUT2D eigenvalue weighted by molar-refractivity contribution is 7.16. The van der Waals surface area contributed by atoms with Gasteiger partial charge in [0.05, 0.1) is 16.5 Å². The quantitative estimate of drug-likeness (QED) is 0.759. The van der Waals surface area contributed by atoms with Gasteiger partial charge in [-0.05, 0) is 44.6 Å². The molecule has 0 radical (unpaired) electrons. The summed E-state index contributed by atoms with van der Waals surface area (Å²) in [6, 6.07) is 6.70. The van der Waals surface area contributed by atoms with Crippen LogP contribution in [-0.2, 0) is 13.0 Å². The van der Waals surface area contributed by atoms with Crippen LogP contribution >= 0.6 is 11.3 Å². The average Bonchev–Trinajstić information content (AvgIpc) is 3.10. The molecule has 0 aliphatic carbocycles. The molecule has 0 spiro atoms. The number of fused-ring (bicyclic) bond motifs is 1. The molecule has 3 aromatic rings. The van der Waals surface area contributed by atoms with Gasteiger partial charge in [-0.15, -0.1) is 0 Å². The second-order valence-electron chi connectivity index (χ2n) is 5.76. The first-order valence-corrected chi connectivity index (χ1v) is 8.17. The summed E-state index contributed by atoms with van der Waals surface area (Å²) < 4.78 is 3.15. The van der Waals surface area contributed by atoms with Crippen molar-refractivity contribution in [2.24, 2.45) is 0 Å². The first-order valence-electron chi connectivity index (χ1n) is 7.36. The molecule has 116 valence electrons. The lowest BCUT2D eigenvalue weighted by molar-refractivity contribution is 0.267. The van der Waals surface area contributed by atoms with Crippen molar-refractivity contribution in [3.8, 4) is 0 Å². The van der Waals surface area contributed by atoms with Gasteiger partial charge >= 0.3 is 4.87 Å². The van der Waals surface area contributed by atoms with E-state index in [4.69, 9.17) is 0 Å². The maximum atomic E-state index is 11.4. The number of aryl methyl sites for hydroxylation is 1. The van der Waals surface area contributed by atoms with Crippen molar-refractivity contribution >= 4 is 21.6 Å². The number of hydrogen-bond donors (Lipinski definition) is 1. The Morgan fingerprint density at radius 3 is 3.00 bits per heavy atom. The molecule has 0 amide bonds. The molecule has 1 atom stereocenters. The van der Waals surface area contributed by atoms with Crippen LogP contribution in [0.2, 0.25) is 0 Å². The molecule has 1 unspecified atom stereocenters. The van der Waals surface area contributed by atoms with Gasteiger partial charge in [0.1, 0.15) is 0 Å². The first-order chi connectivity index (χ1) is 10.6. The van der Waals surface area contributed by atoms with Crippen molar-refractivity contribution in [3.63, 3.8) is 0 Å². The zero-order chi connectivity index (χ0) is 15.5. The summed E-state index contributed by atoms with van der Waals surface area (Å²) in [6.07, 6.45) is 7.70. The number of nitrogens with one attached hydrogen (secondary N) is 1. The predicted octanol–water partition coefficient (Wildman–Crippen LogP) is 2.35. The van der Waals surface area contributed by atoms with E-state index in [0.29, 0.717) is 6.04 Å². The second-order valence-corrected chi connectivity index (χ2v) is 6.77. The van der Waals surface area contributed by atoms with E-state index >= 15 is 0 Å². The third-order valence-electron chi connectivity index (χ3n) is 3.97. The fourth-order valence-corrected chi connectivity index (χ4v) is 3.45. The van der Waals surface area contributed by atoms with Crippen LogP contribution in [0.25, 0.3) is 10.2 Å². The number of imidazole rings is 1. The average molecular weight is 316 g/mol. The van der Waals surface area contributed by atoms with E-state index in [9.17, 15) is 4.79 Å². The molecule has 0 aliphatic rings. The molecular weight excluding hydrogens is 296 g/mol. The molecule has 0 bridgehead atoms. The summed E-state index contributed by atoms with van der Waals surface area (Å²) >= 11 is 1.28. The molecule has 1 N–H and O–H groups in total. The van der Waals surface area contributed by atoms with Crippen LogP contribution in [0.5, 0.6) is 0 Å². The Hall–Kier alpha value is -1.92. The van der Waals surface area contributed by atoms with Crippen molar-refractivity contribution in [1.82, 2.24) is 19.4 Å². The van der Waals surface area contributed by atoms with E-state index in [1.165, 1.54) is 16.9 Å². The summed E-state index contributed by atoms with van der Waals surface area (Å²) in [5.74, 6) is 0. The van der Waals surface area contributed by atoms with Gasteiger partial charge in [-0.1, -0.05) is 17.4 Å². The van der Waals surface area contributed by atoms with Crippen LogP contribution in [0, 0.1) is 0 Å². The first kappa shape index (κ1) is 15.0. The number of aromatic amines is 1. The topological polar surface area (TPSA) is 53.9 Å². The monoisotopic (exact) mass is 316 g/mol. The Morgan fingerprint density at radius 2 is 2.27 bits per heavy atom. The van der Waals surface area contributed by atoms with Crippen LogP contribution < -0.4 is 4.87 Å². The highest BCUT2D eigenvalue weighted by atomic mass is 32.1. The SMILES string of the molecule is CN(C)C(CCn1ccnc1)Cc1ccc2[nH]c(=O)sc2c1. The second kappa shape index (κ2) is 6.46. The maximum Gasteiger partial charge on any atom is 0.305 e. The van der Waals surface area contributed by atoms with Crippen molar-refractivity contribution in [2.45, 2.75) is 25.4 Å². The molecular formula is C16H20N4OS. The summed E-state index contributed by atoms with van der Waals surface area (Å²) in [5.41, 5.74) is 2.20. The smallest absolute Gasteiger partial charge is 0.305 e. The molecule has 0 fully saturated rings. The molecule has 0 aliphatic heterocycles. The summed E-state index contributed by atoms with van der Waals surface area (Å²) in [4.78, 5) is 20.6. The van der Waals surface area contributed by atoms with E-state index in [1.807, 2.05) is 24.8 Å². The maximum absolute atomic E-state index is 11.4. The minimum absolute atomic E-state index is 0.0106. The molecule has 2 heterocycles. The van der Waals surface area contributed by atoms with Crippen molar-refractivity contribution in [1.29, 1.82) is 0 Å². The van der Waals surface area contributed by atoms with Gasteiger partial charge in [-0.25, -0.2) is 4.98 Å². The van der Waals surface area contributed by atoms with Gasteiger partial charge in [0.2, 0.25) is 0 Å². The van der Waals surface area contributed by atoms with Gasteiger partial charge in [0.25, 0.3) is 0 Å². The Morgan fingerprint density at radius 1 is 1.41 bits per heavy atom.